The summed E-state index contributed by atoms with van der Waals surface area (Å²) < 4.78 is 0. The first-order chi connectivity index (χ1) is 13.7. The molecular weight excluding hydrogens is 344 g/mol. The number of fused-ring (bicyclic) bond motifs is 2. The molecule has 5 rings (SSSR count). The first-order valence-corrected chi connectivity index (χ1v) is 9.95. The fourth-order valence-corrected chi connectivity index (χ4v) is 4.57. The van der Waals surface area contributed by atoms with Crippen molar-refractivity contribution in [3.8, 4) is 0 Å². The summed E-state index contributed by atoms with van der Waals surface area (Å²) in [7, 11) is 2.18. The lowest BCUT2D eigenvalue weighted by Crippen LogP contribution is -2.49. The zero-order valence-electron chi connectivity index (χ0n) is 16.7. The highest BCUT2D eigenvalue weighted by Crippen LogP contribution is 2.45. The molecule has 0 spiro atoms. The number of benzene rings is 3. The molecule has 2 aliphatic rings. The lowest BCUT2D eigenvalue weighted by Gasteiger charge is -2.36. The molecule has 3 aromatic rings. The van der Waals surface area contributed by atoms with Gasteiger partial charge in [0, 0.05) is 12.7 Å². The van der Waals surface area contributed by atoms with Crippen molar-refractivity contribution in [3.05, 3.63) is 78.9 Å². The van der Waals surface area contributed by atoms with E-state index in [1.54, 1.807) is 0 Å². The van der Waals surface area contributed by atoms with Crippen LogP contribution >= 0.6 is 0 Å². The van der Waals surface area contributed by atoms with E-state index in [9.17, 15) is 0 Å². The van der Waals surface area contributed by atoms with Crippen LogP contribution in [0.1, 0.15) is 13.8 Å². The Bertz CT molecular complexity index is 987. The summed E-state index contributed by atoms with van der Waals surface area (Å²) >= 11 is 0. The van der Waals surface area contributed by atoms with E-state index < -0.39 is 0 Å². The topological polar surface area (TPSA) is 13.0 Å². The second-order valence-electron chi connectivity index (χ2n) is 7.64. The summed E-state index contributed by atoms with van der Waals surface area (Å²) in [4.78, 5) is 9.80. The van der Waals surface area contributed by atoms with Crippen molar-refractivity contribution in [1.82, 2.24) is 0 Å². The van der Waals surface area contributed by atoms with Gasteiger partial charge in [0.2, 0.25) is 0 Å². The van der Waals surface area contributed by atoms with Crippen molar-refractivity contribution in [1.29, 1.82) is 0 Å². The SMILES string of the molecule is C[C@H]1N(C)c2ccccc2N1CN1c2ccccc2N(c2ccccc2)[C@H]1C. The van der Waals surface area contributed by atoms with E-state index in [1.807, 2.05) is 0 Å². The maximum atomic E-state index is 2.51. The molecular formula is C24H26N4. The highest BCUT2D eigenvalue weighted by molar-refractivity contribution is 5.84. The first-order valence-electron chi connectivity index (χ1n) is 9.95. The fourth-order valence-electron chi connectivity index (χ4n) is 4.57. The Labute approximate surface area is 167 Å². The van der Waals surface area contributed by atoms with Crippen molar-refractivity contribution in [2.45, 2.75) is 26.2 Å². The monoisotopic (exact) mass is 370 g/mol. The second kappa shape index (κ2) is 6.48. The molecule has 0 radical (unpaired) electrons. The molecule has 2 atom stereocenters. The average molecular weight is 371 g/mol. The molecule has 4 nitrogen and oxygen atoms in total. The molecule has 0 N–H and O–H groups in total. The zero-order chi connectivity index (χ0) is 19.3. The van der Waals surface area contributed by atoms with Gasteiger partial charge in [-0.15, -0.1) is 0 Å². The Kier molecular flexibility index (Phi) is 3.93. The van der Waals surface area contributed by atoms with Crippen LogP contribution in [0.2, 0.25) is 0 Å². The molecule has 0 fully saturated rings. The van der Waals surface area contributed by atoms with Crippen LogP contribution in [0.3, 0.4) is 0 Å². The predicted octanol–water partition coefficient (Wildman–Crippen LogP) is 5.25. The van der Waals surface area contributed by atoms with Crippen LogP contribution in [-0.4, -0.2) is 26.0 Å². The maximum Gasteiger partial charge on any atom is 0.105 e. The third kappa shape index (κ3) is 2.44. The Hall–Kier alpha value is -3.14. The van der Waals surface area contributed by atoms with Gasteiger partial charge in [0.25, 0.3) is 0 Å². The zero-order valence-corrected chi connectivity index (χ0v) is 16.7. The highest BCUT2D eigenvalue weighted by atomic mass is 15.5. The molecule has 0 bridgehead atoms. The Morgan fingerprint density at radius 2 is 1.11 bits per heavy atom. The van der Waals surface area contributed by atoms with Crippen LogP contribution in [0, 0.1) is 0 Å². The molecule has 0 saturated heterocycles. The Morgan fingerprint density at radius 3 is 1.79 bits per heavy atom. The molecule has 142 valence electrons. The summed E-state index contributed by atoms with van der Waals surface area (Å²) in [6, 6.07) is 28.1. The lowest BCUT2D eigenvalue weighted by molar-refractivity contribution is 0.600. The summed E-state index contributed by atoms with van der Waals surface area (Å²) in [5.41, 5.74) is 6.40. The molecule has 28 heavy (non-hydrogen) atoms. The van der Waals surface area contributed by atoms with Crippen LogP contribution in [0.4, 0.5) is 28.4 Å². The maximum absolute atomic E-state index is 2.51. The van der Waals surface area contributed by atoms with Gasteiger partial charge in [-0.2, -0.15) is 0 Å². The van der Waals surface area contributed by atoms with E-state index in [0.29, 0.717) is 6.17 Å². The number of para-hydroxylation sites is 5. The van der Waals surface area contributed by atoms with Crippen LogP contribution < -0.4 is 19.6 Å². The molecule has 0 unspecified atom stereocenters. The third-order valence-corrected chi connectivity index (χ3v) is 6.20. The van der Waals surface area contributed by atoms with Gasteiger partial charge in [-0.25, -0.2) is 0 Å². The summed E-state index contributed by atoms with van der Waals surface area (Å²) in [6.45, 7) is 5.43. The van der Waals surface area contributed by atoms with Gasteiger partial charge < -0.3 is 19.6 Å². The number of hydrogen-bond acceptors (Lipinski definition) is 4. The Morgan fingerprint density at radius 1 is 0.607 bits per heavy atom. The minimum absolute atomic E-state index is 0.241. The summed E-state index contributed by atoms with van der Waals surface area (Å²) in [6.07, 6.45) is 0.563. The molecule has 0 amide bonds. The lowest BCUT2D eigenvalue weighted by atomic mass is 10.2. The highest BCUT2D eigenvalue weighted by Gasteiger charge is 2.37. The van der Waals surface area contributed by atoms with Crippen LogP contribution in [-0.2, 0) is 0 Å². The molecule has 0 aliphatic carbocycles. The van der Waals surface area contributed by atoms with Crippen molar-refractivity contribution < 1.29 is 0 Å². The molecule has 2 heterocycles. The third-order valence-electron chi connectivity index (χ3n) is 6.20. The largest absolute Gasteiger partial charge is 0.353 e. The van der Waals surface area contributed by atoms with Crippen LogP contribution in [0.15, 0.2) is 78.9 Å². The van der Waals surface area contributed by atoms with E-state index in [0.717, 1.165) is 6.67 Å². The minimum atomic E-state index is 0.241. The fraction of sp³-hybridized carbons (Fsp3) is 0.250. The van der Waals surface area contributed by atoms with Gasteiger partial charge in [0.1, 0.15) is 12.3 Å². The van der Waals surface area contributed by atoms with E-state index in [-0.39, 0.29) is 6.17 Å². The smallest absolute Gasteiger partial charge is 0.105 e. The number of nitrogens with zero attached hydrogens (tertiary/aromatic N) is 4. The first kappa shape index (κ1) is 17.0. The molecule has 3 aromatic carbocycles. The van der Waals surface area contributed by atoms with Gasteiger partial charge in [-0.05, 0) is 50.2 Å². The van der Waals surface area contributed by atoms with Gasteiger partial charge in [-0.3, -0.25) is 0 Å². The van der Waals surface area contributed by atoms with Crippen molar-refractivity contribution in [3.63, 3.8) is 0 Å². The van der Waals surface area contributed by atoms with Gasteiger partial charge >= 0.3 is 0 Å². The van der Waals surface area contributed by atoms with Crippen molar-refractivity contribution in [2.75, 3.05) is 33.3 Å². The molecule has 2 aliphatic heterocycles. The van der Waals surface area contributed by atoms with E-state index in [2.05, 4.69) is 119 Å². The summed E-state index contributed by atoms with van der Waals surface area (Å²) in [5, 5.41) is 0. The van der Waals surface area contributed by atoms with Gasteiger partial charge in [-0.1, -0.05) is 42.5 Å². The average Bonchev–Trinajstić information content (AvgIpc) is 3.15. The minimum Gasteiger partial charge on any atom is -0.353 e. The van der Waals surface area contributed by atoms with E-state index in [1.165, 1.54) is 28.4 Å². The van der Waals surface area contributed by atoms with Crippen LogP contribution in [0.25, 0.3) is 0 Å². The molecule has 0 saturated carbocycles. The van der Waals surface area contributed by atoms with Gasteiger partial charge in [0.05, 0.1) is 29.4 Å². The molecule has 0 aromatic heterocycles. The summed E-state index contributed by atoms with van der Waals surface area (Å²) in [5.74, 6) is 0. The predicted molar refractivity (Wildman–Crippen MR) is 119 cm³/mol. The van der Waals surface area contributed by atoms with Gasteiger partial charge in [0.15, 0.2) is 0 Å². The van der Waals surface area contributed by atoms with Crippen molar-refractivity contribution >= 4 is 28.4 Å². The normalized spacial score (nSPS) is 20.5. The second-order valence-corrected chi connectivity index (χ2v) is 7.64. The van der Waals surface area contributed by atoms with Crippen molar-refractivity contribution in [2.24, 2.45) is 0 Å². The quantitative estimate of drug-likeness (QED) is 0.624. The standard InChI is InChI=1S/C24H26N4/c1-18-25(3)21-13-7-8-14-22(21)26(18)17-27-19(2)28(20-11-5-4-6-12-20)24-16-10-9-15-23(24)27/h4-16,18-19H,17H2,1-3H3/t18-,19-/m0/s1. The number of anilines is 5. The van der Waals surface area contributed by atoms with Crippen LogP contribution in [0.5, 0.6) is 0 Å². The number of rotatable bonds is 3. The Balaban J connectivity index is 1.53. The number of hydrogen-bond donors (Lipinski definition) is 0. The van der Waals surface area contributed by atoms with E-state index in [4.69, 9.17) is 0 Å². The van der Waals surface area contributed by atoms with E-state index >= 15 is 0 Å². The molecule has 4 heteroatoms.